The first-order chi connectivity index (χ1) is 9.83. The Hall–Kier alpha value is -2.08. The largest absolute Gasteiger partial charge is 0.467 e. The van der Waals surface area contributed by atoms with Crippen molar-refractivity contribution >= 4 is 5.91 Å². The molecule has 6 nitrogen and oxygen atoms in total. The Morgan fingerprint density at radius 3 is 3.25 bits per heavy atom. The van der Waals surface area contributed by atoms with Crippen LogP contribution in [0.2, 0.25) is 0 Å². The van der Waals surface area contributed by atoms with E-state index in [0.717, 1.165) is 31.7 Å². The molecule has 0 radical (unpaired) electrons. The molecule has 0 aliphatic carbocycles. The zero-order chi connectivity index (χ0) is 13.8. The number of carbonyl (C=O) groups is 1. The van der Waals surface area contributed by atoms with Crippen molar-refractivity contribution in [3.63, 3.8) is 0 Å². The number of rotatable bonds is 4. The molecule has 2 N–H and O–H groups in total. The molecule has 1 amide bonds. The van der Waals surface area contributed by atoms with Crippen LogP contribution in [-0.2, 0) is 6.54 Å². The summed E-state index contributed by atoms with van der Waals surface area (Å²) < 4.78 is 7.05. The van der Waals surface area contributed by atoms with Crippen molar-refractivity contribution in [3.05, 3.63) is 42.1 Å². The molecular formula is C14H18N4O2. The van der Waals surface area contributed by atoms with Gasteiger partial charge in [0.1, 0.15) is 11.5 Å². The monoisotopic (exact) mass is 274 g/mol. The van der Waals surface area contributed by atoms with Gasteiger partial charge in [0.2, 0.25) is 0 Å². The summed E-state index contributed by atoms with van der Waals surface area (Å²) in [6.07, 6.45) is 5.71. The summed E-state index contributed by atoms with van der Waals surface area (Å²) in [5.74, 6) is 0.554. The number of amides is 1. The number of aromatic nitrogens is 2. The lowest BCUT2D eigenvalue weighted by Crippen LogP contribution is -2.32. The molecule has 3 rings (SSSR count). The molecule has 1 atom stereocenters. The number of piperidine rings is 1. The molecule has 0 spiro atoms. The molecule has 20 heavy (non-hydrogen) atoms. The Morgan fingerprint density at radius 2 is 2.50 bits per heavy atom. The van der Waals surface area contributed by atoms with Crippen LogP contribution >= 0.6 is 0 Å². The minimum atomic E-state index is -0.177. The fraction of sp³-hybridized carbons (Fsp3) is 0.429. The van der Waals surface area contributed by atoms with Crippen LogP contribution in [0.25, 0.3) is 0 Å². The quantitative estimate of drug-likeness (QED) is 0.882. The van der Waals surface area contributed by atoms with Gasteiger partial charge in [-0.15, -0.1) is 0 Å². The molecule has 2 aromatic heterocycles. The molecule has 1 saturated heterocycles. The number of nitrogens with one attached hydrogen (secondary N) is 2. The fourth-order valence-electron chi connectivity index (χ4n) is 2.39. The number of furan rings is 1. The van der Waals surface area contributed by atoms with Crippen molar-refractivity contribution < 1.29 is 9.21 Å². The average molecular weight is 274 g/mol. The van der Waals surface area contributed by atoms with E-state index < -0.39 is 0 Å². The van der Waals surface area contributed by atoms with Crippen molar-refractivity contribution in [2.24, 2.45) is 0 Å². The summed E-state index contributed by atoms with van der Waals surface area (Å²) >= 11 is 0. The standard InChI is InChI=1S/C14H18N4O2/c19-14(16-10-12-4-2-8-20-12)13-5-7-18(17-13)11-3-1-6-15-9-11/h2,4-5,7-8,11,15H,1,3,6,9-10H2,(H,16,19). The first-order valence-electron chi connectivity index (χ1n) is 6.89. The first-order valence-corrected chi connectivity index (χ1v) is 6.89. The molecule has 0 saturated carbocycles. The summed E-state index contributed by atoms with van der Waals surface area (Å²) in [4.78, 5) is 12.0. The van der Waals surface area contributed by atoms with Gasteiger partial charge in [-0.05, 0) is 37.6 Å². The average Bonchev–Trinajstić information content (AvgIpc) is 3.17. The predicted octanol–water partition coefficient (Wildman–Crippen LogP) is 1.33. The maximum atomic E-state index is 12.0. The van der Waals surface area contributed by atoms with Crippen molar-refractivity contribution in [2.45, 2.75) is 25.4 Å². The van der Waals surface area contributed by atoms with Crippen molar-refractivity contribution in [3.8, 4) is 0 Å². The second kappa shape index (κ2) is 5.92. The van der Waals surface area contributed by atoms with Crippen LogP contribution in [0.4, 0.5) is 0 Å². The predicted molar refractivity (Wildman–Crippen MR) is 73.2 cm³/mol. The maximum absolute atomic E-state index is 12.0. The Bertz CT molecular complexity index is 556. The van der Waals surface area contributed by atoms with Gasteiger partial charge in [-0.2, -0.15) is 5.10 Å². The second-order valence-electron chi connectivity index (χ2n) is 4.94. The molecule has 3 heterocycles. The summed E-state index contributed by atoms with van der Waals surface area (Å²) in [7, 11) is 0. The molecule has 1 unspecified atom stereocenters. The number of hydrogen-bond acceptors (Lipinski definition) is 4. The zero-order valence-electron chi connectivity index (χ0n) is 11.2. The first kappa shape index (κ1) is 12.9. The van der Waals surface area contributed by atoms with Crippen molar-refractivity contribution in [1.29, 1.82) is 0 Å². The van der Waals surface area contributed by atoms with Crippen LogP contribution in [-0.4, -0.2) is 28.8 Å². The van der Waals surface area contributed by atoms with Gasteiger partial charge in [-0.3, -0.25) is 9.48 Å². The van der Waals surface area contributed by atoms with E-state index in [4.69, 9.17) is 4.42 Å². The topological polar surface area (TPSA) is 72.1 Å². The third-order valence-corrected chi connectivity index (χ3v) is 3.49. The van der Waals surface area contributed by atoms with Crippen LogP contribution in [0.1, 0.15) is 35.1 Å². The van der Waals surface area contributed by atoms with Gasteiger partial charge in [0.25, 0.3) is 5.91 Å². The van der Waals surface area contributed by atoms with E-state index in [1.54, 1.807) is 18.4 Å². The fourth-order valence-corrected chi connectivity index (χ4v) is 2.39. The minimum Gasteiger partial charge on any atom is -0.467 e. The molecule has 1 aliphatic heterocycles. The Kier molecular flexibility index (Phi) is 3.83. The van der Waals surface area contributed by atoms with Crippen LogP contribution in [0.5, 0.6) is 0 Å². The Balaban J connectivity index is 1.59. The van der Waals surface area contributed by atoms with Crippen LogP contribution in [0.15, 0.2) is 35.1 Å². The highest BCUT2D eigenvalue weighted by molar-refractivity contribution is 5.92. The molecule has 1 fully saturated rings. The van der Waals surface area contributed by atoms with Gasteiger partial charge >= 0.3 is 0 Å². The number of carbonyl (C=O) groups excluding carboxylic acids is 1. The highest BCUT2D eigenvalue weighted by Crippen LogP contribution is 2.15. The van der Waals surface area contributed by atoms with E-state index in [1.165, 1.54) is 0 Å². The number of hydrogen-bond donors (Lipinski definition) is 2. The SMILES string of the molecule is O=C(NCc1ccco1)c1ccn(C2CCCNC2)n1. The molecule has 0 aromatic carbocycles. The molecular weight excluding hydrogens is 256 g/mol. The van der Waals surface area contributed by atoms with Crippen LogP contribution in [0, 0.1) is 0 Å². The van der Waals surface area contributed by atoms with Gasteiger partial charge in [-0.25, -0.2) is 0 Å². The second-order valence-corrected chi connectivity index (χ2v) is 4.94. The molecule has 2 aromatic rings. The summed E-state index contributed by atoms with van der Waals surface area (Å²) in [5, 5.41) is 10.5. The van der Waals surface area contributed by atoms with Gasteiger partial charge in [0.15, 0.2) is 0 Å². The van der Waals surface area contributed by atoms with Gasteiger partial charge in [0.05, 0.1) is 18.8 Å². The van der Waals surface area contributed by atoms with E-state index in [-0.39, 0.29) is 5.91 Å². The van der Waals surface area contributed by atoms with Gasteiger partial charge in [0, 0.05) is 12.7 Å². The van der Waals surface area contributed by atoms with E-state index >= 15 is 0 Å². The van der Waals surface area contributed by atoms with Gasteiger partial charge < -0.3 is 15.1 Å². The van der Waals surface area contributed by atoms with Crippen LogP contribution < -0.4 is 10.6 Å². The lowest BCUT2D eigenvalue weighted by molar-refractivity contribution is 0.0941. The maximum Gasteiger partial charge on any atom is 0.272 e. The lowest BCUT2D eigenvalue weighted by atomic mass is 10.1. The Labute approximate surface area is 117 Å². The smallest absolute Gasteiger partial charge is 0.272 e. The third kappa shape index (κ3) is 2.91. The third-order valence-electron chi connectivity index (χ3n) is 3.49. The van der Waals surface area contributed by atoms with E-state index in [1.807, 2.05) is 16.9 Å². The Morgan fingerprint density at radius 1 is 1.55 bits per heavy atom. The highest BCUT2D eigenvalue weighted by atomic mass is 16.3. The summed E-state index contributed by atoms with van der Waals surface area (Å²) in [6.45, 7) is 2.35. The lowest BCUT2D eigenvalue weighted by Gasteiger charge is -2.22. The van der Waals surface area contributed by atoms with Crippen LogP contribution in [0.3, 0.4) is 0 Å². The van der Waals surface area contributed by atoms with E-state index in [2.05, 4.69) is 15.7 Å². The minimum absolute atomic E-state index is 0.177. The van der Waals surface area contributed by atoms with E-state index in [9.17, 15) is 4.79 Å². The highest BCUT2D eigenvalue weighted by Gasteiger charge is 2.17. The number of nitrogens with zero attached hydrogens (tertiary/aromatic N) is 2. The molecule has 1 aliphatic rings. The normalized spacial score (nSPS) is 18.9. The molecule has 6 heteroatoms. The molecule has 106 valence electrons. The van der Waals surface area contributed by atoms with E-state index in [0.29, 0.717) is 18.3 Å². The zero-order valence-corrected chi connectivity index (χ0v) is 11.2. The summed E-state index contributed by atoms with van der Waals surface area (Å²) in [6, 6.07) is 5.72. The summed E-state index contributed by atoms with van der Waals surface area (Å²) in [5.41, 5.74) is 0.446. The van der Waals surface area contributed by atoms with Crippen molar-refractivity contribution in [2.75, 3.05) is 13.1 Å². The van der Waals surface area contributed by atoms with Crippen molar-refractivity contribution in [1.82, 2.24) is 20.4 Å². The van der Waals surface area contributed by atoms with Gasteiger partial charge in [-0.1, -0.05) is 0 Å². The molecule has 0 bridgehead atoms.